The molecule has 0 bridgehead atoms. The first kappa shape index (κ1) is 50.2. The normalized spacial score (nSPS) is 15.4. The van der Waals surface area contributed by atoms with Gasteiger partial charge >= 0.3 is 7.82 Å². The lowest BCUT2D eigenvalue weighted by Crippen LogP contribution is -2.46. The van der Waals surface area contributed by atoms with Crippen molar-refractivity contribution in [2.75, 3.05) is 19.8 Å². The lowest BCUT2D eigenvalue weighted by Gasteiger charge is -2.24. The Morgan fingerprint density at radius 3 is 1.75 bits per heavy atom. The lowest BCUT2D eigenvalue weighted by atomic mass is 10.0. The van der Waals surface area contributed by atoms with Crippen molar-refractivity contribution in [3.8, 4) is 0 Å². The van der Waals surface area contributed by atoms with E-state index in [1.807, 2.05) is 6.08 Å². The number of carbonyl (C=O) groups is 1. The number of unbranched alkanes of at least 4 members (excludes halogenated alkanes) is 15. The molecule has 0 saturated heterocycles. The fourth-order valence-electron chi connectivity index (χ4n) is 5.47. The van der Waals surface area contributed by atoms with E-state index in [1.165, 1.54) is 57.8 Å². The minimum absolute atomic E-state index is 0.0381. The fourth-order valence-corrected chi connectivity index (χ4v) is 6.23. The number of allylic oxidation sites excluding steroid dienone is 9. The molecule has 302 valence electrons. The number of aliphatic hydroxyl groups is 2. The first-order chi connectivity index (χ1) is 25.3. The second-order valence-electron chi connectivity index (χ2n) is 13.7. The van der Waals surface area contributed by atoms with Gasteiger partial charge in [-0.3, -0.25) is 13.8 Å². The maximum absolute atomic E-state index is 12.8. The van der Waals surface area contributed by atoms with Crippen LogP contribution in [-0.2, 0) is 18.4 Å². The van der Waals surface area contributed by atoms with E-state index < -0.39 is 38.6 Å². The van der Waals surface area contributed by atoms with Crippen molar-refractivity contribution in [1.29, 1.82) is 0 Å². The lowest BCUT2D eigenvalue weighted by molar-refractivity contribution is -0.124. The molecule has 0 heterocycles. The number of phosphoric ester groups is 1. The van der Waals surface area contributed by atoms with Crippen molar-refractivity contribution < 1.29 is 33.5 Å². The van der Waals surface area contributed by atoms with Gasteiger partial charge in [-0.25, -0.2) is 4.57 Å². The predicted octanol–water partition coefficient (Wildman–Crippen LogP) is 10.1. The third kappa shape index (κ3) is 35.2. The number of hydrogen-bond donors (Lipinski definition) is 5. The number of phosphoric acid groups is 1. The Morgan fingerprint density at radius 1 is 0.673 bits per heavy atom. The van der Waals surface area contributed by atoms with Crippen molar-refractivity contribution in [2.45, 2.75) is 180 Å². The molecule has 9 nitrogen and oxygen atoms in total. The summed E-state index contributed by atoms with van der Waals surface area (Å²) >= 11 is 0. The zero-order valence-corrected chi connectivity index (χ0v) is 33.8. The van der Waals surface area contributed by atoms with Gasteiger partial charge in [0.05, 0.1) is 37.9 Å². The van der Waals surface area contributed by atoms with Gasteiger partial charge in [0.15, 0.2) is 0 Å². The van der Waals surface area contributed by atoms with Gasteiger partial charge in [0.25, 0.3) is 0 Å². The summed E-state index contributed by atoms with van der Waals surface area (Å²) in [6.45, 7) is 3.87. The molecule has 0 aliphatic carbocycles. The average molecular weight is 753 g/mol. The molecule has 4 unspecified atom stereocenters. The van der Waals surface area contributed by atoms with E-state index in [9.17, 15) is 24.5 Å². The first-order valence-corrected chi connectivity index (χ1v) is 22.0. The van der Waals surface area contributed by atoms with Gasteiger partial charge in [-0.1, -0.05) is 139 Å². The van der Waals surface area contributed by atoms with Crippen LogP contribution >= 0.6 is 7.82 Å². The zero-order valence-electron chi connectivity index (χ0n) is 32.9. The minimum atomic E-state index is -4.41. The van der Waals surface area contributed by atoms with Crippen LogP contribution in [0.4, 0.5) is 0 Å². The molecule has 1 amide bonds. The van der Waals surface area contributed by atoms with Gasteiger partial charge in [-0.15, -0.1) is 0 Å². The number of nitrogens with two attached hydrogens (primary N) is 1. The quantitative estimate of drug-likeness (QED) is 0.0239. The Morgan fingerprint density at radius 2 is 1.15 bits per heavy atom. The molecule has 0 aliphatic heterocycles. The van der Waals surface area contributed by atoms with E-state index in [-0.39, 0.29) is 19.6 Å². The Kier molecular flexibility index (Phi) is 36.1. The monoisotopic (exact) mass is 753 g/mol. The summed E-state index contributed by atoms with van der Waals surface area (Å²) in [5.74, 6) is -0.472. The summed E-state index contributed by atoms with van der Waals surface area (Å²) in [5, 5.41) is 23.9. The molecule has 0 aromatic heterocycles. The second kappa shape index (κ2) is 37.5. The summed E-state index contributed by atoms with van der Waals surface area (Å²) in [6, 6.07) is -1.01. The molecular weight excluding hydrogens is 675 g/mol. The summed E-state index contributed by atoms with van der Waals surface area (Å²) in [5.41, 5.74) is 5.35. The third-order valence-electron chi connectivity index (χ3n) is 8.60. The van der Waals surface area contributed by atoms with Crippen LogP contribution in [0.5, 0.6) is 0 Å². The molecule has 0 rings (SSSR count). The number of aliphatic hydroxyl groups excluding tert-OH is 2. The Labute approximate surface area is 317 Å². The fraction of sp³-hybridized carbons (Fsp3) is 0.738. The second-order valence-corrected chi connectivity index (χ2v) is 15.1. The van der Waals surface area contributed by atoms with Crippen molar-refractivity contribution >= 4 is 13.7 Å². The number of carbonyl (C=O) groups excluding carboxylic acids is 1. The van der Waals surface area contributed by atoms with Gasteiger partial charge in [0.1, 0.15) is 0 Å². The molecule has 0 saturated carbocycles. The maximum atomic E-state index is 12.8. The number of hydrogen-bond acceptors (Lipinski definition) is 7. The first-order valence-electron chi connectivity index (χ1n) is 20.5. The van der Waals surface area contributed by atoms with Crippen LogP contribution in [0.1, 0.15) is 162 Å². The van der Waals surface area contributed by atoms with Crippen molar-refractivity contribution in [1.82, 2.24) is 5.32 Å². The molecule has 0 aromatic rings. The van der Waals surface area contributed by atoms with Crippen LogP contribution in [0.15, 0.2) is 60.8 Å². The van der Waals surface area contributed by atoms with E-state index >= 15 is 0 Å². The van der Waals surface area contributed by atoms with Crippen LogP contribution in [0.25, 0.3) is 0 Å². The largest absolute Gasteiger partial charge is 0.472 e. The van der Waals surface area contributed by atoms with Crippen molar-refractivity contribution in [2.24, 2.45) is 5.73 Å². The Hall–Kier alpha value is -1.84. The third-order valence-corrected chi connectivity index (χ3v) is 9.58. The van der Waals surface area contributed by atoms with E-state index in [4.69, 9.17) is 14.8 Å². The van der Waals surface area contributed by atoms with E-state index in [0.29, 0.717) is 12.8 Å². The van der Waals surface area contributed by atoms with Gasteiger partial charge in [0.2, 0.25) is 5.91 Å². The van der Waals surface area contributed by atoms with Crippen molar-refractivity contribution in [3.05, 3.63) is 60.8 Å². The van der Waals surface area contributed by atoms with Gasteiger partial charge < -0.3 is 26.2 Å². The standard InChI is InChI=1S/C42H77N2O7P/c1-3-5-7-9-11-13-15-17-19-21-23-25-27-29-31-33-39(45)37-42(47)44-40(38-51-52(48,49)50-36-35-43)41(46)34-32-30-28-26-24-22-20-18-16-14-12-10-8-6-4-2/h11,13,16-19,24,26,32,34,39-41,45-46H,3-10,12,14-15,20-23,25,27-31,33,35-38,43H2,1-2H3,(H,44,47)(H,48,49)/b13-11-,18-16+,19-17-,26-24+,34-32+. The molecule has 4 atom stereocenters. The zero-order chi connectivity index (χ0) is 38.4. The molecular formula is C42H77N2O7P. The van der Waals surface area contributed by atoms with Crippen LogP contribution < -0.4 is 11.1 Å². The average Bonchev–Trinajstić information content (AvgIpc) is 3.12. The molecule has 0 aliphatic rings. The smallest absolute Gasteiger partial charge is 0.393 e. The topological polar surface area (TPSA) is 151 Å². The minimum Gasteiger partial charge on any atom is -0.393 e. The molecule has 0 radical (unpaired) electrons. The van der Waals surface area contributed by atoms with E-state index in [0.717, 1.165) is 70.6 Å². The van der Waals surface area contributed by atoms with E-state index in [2.05, 4.69) is 67.8 Å². The van der Waals surface area contributed by atoms with Crippen LogP contribution in [0, 0.1) is 0 Å². The van der Waals surface area contributed by atoms with Crippen LogP contribution in [0.3, 0.4) is 0 Å². The summed E-state index contributed by atoms with van der Waals surface area (Å²) in [4.78, 5) is 22.7. The van der Waals surface area contributed by atoms with Crippen LogP contribution in [0.2, 0.25) is 0 Å². The predicted molar refractivity (Wildman–Crippen MR) is 218 cm³/mol. The number of nitrogens with one attached hydrogen (secondary N) is 1. The number of rotatable bonds is 37. The highest BCUT2D eigenvalue weighted by atomic mass is 31.2. The molecule has 0 aromatic carbocycles. The van der Waals surface area contributed by atoms with E-state index in [1.54, 1.807) is 6.08 Å². The summed E-state index contributed by atoms with van der Waals surface area (Å²) < 4.78 is 22.0. The van der Waals surface area contributed by atoms with Crippen LogP contribution in [-0.4, -0.2) is 59.0 Å². The molecule has 52 heavy (non-hydrogen) atoms. The Balaban J connectivity index is 4.49. The van der Waals surface area contributed by atoms with Gasteiger partial charge in [0, 0.05) is 6.54 Å². The Bertz CT molecular complexity index is 1010. The highest BCUT2D eigenvalue weighted by Gasteiger charge is 2.27. The highest BCUT2D eigenvalue weighted by Crippen LogP contribution is 2.43. The maximum Gasteiger partial charge on any atom is 0.472 e. The molecule has 6 N–H and O–H groups in total. The molecule has 10 heteroatoms. The van der Waals surface area contributed by atoms with Gasteiger partial charge in [-0.2, -0.15) is 0 Å². The molecule has 0 fully saturated rings. The highest BCUT2D eigenvalue weighted by molar-refractivity contribution is 7.47. The van der Waals surface area contributed by atoms with Crippen molar-refractivity contribution in [3.63, 3.8) is 0 Å². The number of amides is 1. The summed E-state index contributed by atoms with van der Waals surface area (Å²) in [6.07, 6.45) is 43.0. The van der Waals surface area contributed by atoms with Gasteiger partial charge in [-0.05, 0) is 77.0 Å². The SMILES string of the molecule is CCCCC/C=C\C/C=C\CCCCCCCC(O)CC(=O)NC(COP(=O)(O)OCCN)C(O)/C=C/CC/C=C/CC/C=C/CCCCCCC. The molecule has 0 spiro atoms. The summed E-state index contributed by atoms with van der Waals surface area (Å²) in [7, 11) is -4.41.